The van der Waals surface area contributed by atoms with Gasteiger partial charge in [-0.15, -0.1) is 0 Å². The first-order valence-corrected chi connectivity index (χ1v) is 7.93. The minimum Gasteiger partial charge on any atom is -0.476 e. The highest BCUT2D eigenvalue weighted by Gasteiger charge is 2.37. The van der Waals surface area contributed by atoms with Crippen molar-refractivity contribution in [1.82, 2.24) is 9.78 Å². The third-order valence-corrected chi connectivity index (χ3v) is 4.30. The van der Waals surface area contributed by atoms with Crippen LogP contribution in [0.15, 0.2) is 36.5 Å². The van der Waals surface area contributed by atoms with Crippen LogP contribution in [-0.4, -0.2) is 32.7 Å². The summed E-state index contributed by atoms with van der Waals surface area (Å²) in [6, 6.07) is 8.14. The molecule has 1 aliphatic rings. The summed E-state index contributed by atoms with van der Waals surface area (Å²) >= 11 is 0. The Balaban J connectivity index is 1.77. The molecule has 2 N–H and O–H groups in total. The number of nitrogens with one attached hydrogen (secondary N) is 1. The van der Waals surface area contributed by atoms with E-state index in [0.717, 1.165) is 0 Å². The summed E-state index contributed by atoms with van der Waals surface area (Å²) in [5.74, 6) is -4.60. The summed E-state index contributed by atoms with van der Waals surface area (Å²) in [6.07, 6.45) is 1.20. The second-order valence-corrected chi connectivity index (χ2v) is 6.09. The molecule has 25 heavy (non-hydrogen) atoms. The molecule has 1 amide bonds. The molecule has 3 rings (SSSR count). The first-order chi connectivity index (χ1) is 11.9. The van der Waals surface area contributed by atoms with E-state index in [1.54, 1.807) is 24.3 Å². The predicted molar refractivity (Wildman–Crippen MR) is 86.1 cm³/mol. The molecule has 6 nitrogen and oxygen atoms in total. The highest BCUT2D eigenvalue weighted by atomic mass is 19.3. The lowest BCUT2D eigenvalue weighted by Crippen LogP contribution is -2.32. The zero-order valence-corrected chi connectivity index (χ0v) is 13.3. The van der Waals surface area contributed by atoms with Crippen molar-refractivity contribution < 1.29 is 23.5 Å². The molecule has 0 unspecified atom stereocenters. The Kier molecular flexibility index (Phi) is 4.52. The molecular weight excluding hydrogens is 332 g/mol. The number of carboxylic acids is 1. The number of carbonyl (C=O) groups excluding carboxylic acids is 1. The van der Waals surface area contributed by atoms with E-state index in [9.17, 15) is 18.4 Å². The fourth-order valence-corrected chi connectivity index (χ4v) is 2.89. The van der Waals surface area contributed by atoms with Gasteiger partial charge in [0.25, 0.3) is 0 Å². The number of alkyl halides is 2. The molecule has 8 heteroatoms. The van der Waals surface area contributed by atoms with Gasteiger partial charge in [-0.1, -0.05) is 12.1 Å². The van der Waals surface area contributed by atoms with Gasteiger partial charge >= 0.3 is 5.97 Å². The van der Waals surface area contributed by atoms with Crippen molar-refractivity contribution in [1.29, 1.82) is 0 Å². The van der Waals surface area contributed by atoms with Crippen LogP contribution < -0.4 is 5.32 Å². The van der Waals surface area contributed by atoms with Gasteiger partial charge in [0, 0.05) is 25.0 Å². The number of aromatic nitrogens is 2. The fourth-order valence-electron chi connectivity index (χ4n) is 2.89. The van der Waals surface area contributed by atoms with Crippen molar-refractivity contribution in [3.8, 4) is 5.69 Å². The van der Waals surface area contributed by atoms with E-state index in [1.165, 1.54) is 16.9 Å². The van der Waals surface area contributed by atoms with E-state index in [2.05, 4.69) is 10.4 Å². The molecule has 1 aromatic heterocycles. The maximum absolute atomic E-state index is 13.2. The number of rotatable bonds is 4. The van der Waals surface area contributed by atoms with Crippen molar-refractivity contribution in [3.05, 3.63) is 42.2 Å². The molecular formula is C17H17F2N3O3. The molecule has 0 atom stereocenters. The highest BCUT2D eigenvalue weighted by Crippen LogP contribution is 2.36. The van der Waals surface area contributed by atoms with E-state index >= 15 is 0 Å². The largest absolute Gasteiger partial charge is 0.476 e. The Labute approximate surface area is 142 Å². The minimum atomic E-state index is -2.68. The van der Waals surface area contributed by atoms with Gasteiger partial charge in [0.15, 0.2) is 5.69 Å². The molecule has 1 aromatic carbocycles. The quantitative estimate of drug-likeness (QED) is 0.887. The van der Waals surface area contributed by atoms with Gasteiger partial charge in [-0.2, -0.15) is 5.10 Å². The topological polar surface area (TPSA) is 84.2 Å². The van der Waals surface area contributed by atoms with E-state index in [0.29, 0.717) is 11.4 Å². The second kappa shape index (κ2) is 6.62. The van der Waals surface area contributed by atoms with Crippen LogP contribution in [0.4, 0.5) is 14.5 Å². The SMILES string of the molecule is O=C(O)c1ccn(-c2ccccc2NC(=O)C2CCC(F)(F)CC2)n1. The molecule has 1 saturated carbocycles. The van der Waals surface area contributed by atoms with E-state index in [4.69, 9.17) is 5.11 Å². The maximum atomic E-state index is 13.2. The van der Waals surface area contributed by atoms with E-state index < -0.39 is 17.8 Å². The fraction of sp³-hybridized carbons (Fsp3) is 0.353. The average molecular weight is 349 g/mol. The van der Waals surface area contributed by atoms with Gasteiger partial charge in [-0.3, -0.25) is 4.79 Å². The Morgan fingerprint density at radius 3 is 2.52 bits per heavy atom. The molecule has 0 radical (unpaired) electrons. The number of anilines is 1. The van der Waals surface area contributed by atoms with Crippen LogP contribution in [0.1, 0.15) is 36.2 Å². The zero-order chi connectivity index (χ0) is 18.0. The number of carboxylic acid groups (broad SMARTS) is 1. The molecule has 0 saturated heterocycles. The number of carbonyl (C=O) groups is 2. The summed E-state index contributed by atoms with van der Waals surface area (Å²) in [7, 11) is 0. The van der Waals surface area contributed by atoms with Crippen molar-refractivity contribution in [2.24, 2.45) is 5.92 Å². The molecule has 1 fully saturated rings. The van der Waals surface area contributed by atoms with Gasteiger partial charge in [0.2, 0.25) is 11.8 Å². The number of benzene rings is 1. The van der Waals surface area contributed by atoms with Gasteiger partial charge in [-0.25, -0.2) is 18.3 Å². The van der Waals surface area contributed by atoms with Crippen LogP contribution in [0.5, 0.6) is 0 Å². The molecule has 1 aliphatic carbocycles. The Hall–Kier alpha value is -2.77. The maximum Gasteiger partial charge on any atom is 0.356 e. The van der Waals surface area contributed by atoms with Crippen molar-refractivity contribution in [2.75, 3.05) is 5.32 Å². The standard InChI is InChI=1S/C17H17F2N3O3/c18-17(19)8-5-11(6-9-17)15(23)20-12-3-1-2-4-14(12)22-10-7-13(21-22)16(24)25/h1-4,7,10-11H,5-6,8-9H2,(H,20,23)(H,24,25). The number of halogens is 2. The first kappa shape index (κ1) is 17.1. The van der Waals surface area contributed by atoms with Crippen LogP contribution >= 0.6 is 0 Å². The molecule has 1 heterocycles. The first-order valence-electron chi connectivity index (χ1n) is 7.93. The molecule has 0 bridgehead atoms. The van der Waals surface area contributed by atoms with E-state index in [1.807, 2.05) is 0 Å². The number of amides is 1. The molecule has 0 spiro atoms. The lowest BCUT2D eigenvalue weighted by atomic mass is 9.86. The summed E-state index contributed by atoms with van der Waals surface area (Å²) in [4.78, 5) is 23.4. The van der Waals surface area contributed by atoms with Gasteiger partial charge in [-0.05, 0) is 31.0 Å². The third kappa shape index (κ3) is 3.84. The summed E-state index contributed by atoms with van der Waals surface area (Å²) in [6.45, 7) is 0. The number of hydrogen-bond donors (Lipinski definition) is 2. The van der Waals surface area contributed by atoms with Crippen molar-refractivity contribution in [3.63, 3.8) is 0 Å². The Bertz CT molecular complexity index is 794. The number of aromatic carboxylic acids is 1. The highest BCUT2D eigenvalue weighted by molar-refractivity contribution is 5.94. The van der Waals surface area contributed by atoms with Crippen LogP contribution in [0.3, 0.4) is 0 Å². The smallest absolute Gasteiger partial charge is 0.356 e. The lowest BCUT2D eigenvalue weighted by molar-refractivity contribution is -0.124. The van der Waals surface area contributed by atoms with Crippen LogP contribution in [-0.2, 0) is 4.79 Å². The molecule has 0 aliphatic heterocycles. The summed E-state index contributed by atoms with van der Waals surface area (Å²) in [5.41, 5.74) is 0.838. The van der Waals surface area contributed by atoms with Crippen molar-refractivity contribution >= 4 is 17.6 Å². The minimum absolute atomic E-state index is 0.115. The lowest BCUT2D eigenvalue weighted by Gasteiger charge is -2.27. The van der Waals surface area contributed by atoms with Gasteiger partial charge in [0.05, 0.1) is 11.4 Å². The molecule has 2 aromatic rings. The van der Waals surface area contributed by atoms with Crippen LogP contribution in [0, 0.1) is 5.92 Å². The van der Waals surface area contributed by atoms with Crippen molar-refractivity contribution in [2.45, 2.75) is 31.6 Å². The summed E-state index contributed by atoms with van der Waals surface area (Å²) < 4.78 is 27.8. The second-order valence-electron chi connectivity index (χ2n) is 6.09. The van der Waals surface area contributed by atoms with Gasteiger partial charge in [0.1, 0.15) is 0 Å². The number of para-hydroxylation sites is 2. The zero-order valence-electron chi connectivity index (χ0n) is 13.3. The van der Waals surface area contributed by atoms with E-state index in [-0.39, 0.29) is 37.3 Å². The van der Waals surface area contributed by atoms with Crippen LogP contribution in [0.25, 0.3) is 5.69 Å². The number of hydrogen-bond acceptors (Lipinski definition) is 3. The normalized spacial score (nSPS) is 17.2. The van der Waals surface area contributed by atoms with Gasteiger partial charge < -0.3 is 10.4 Å². The number of nitrogens with zero attached hydrogens (tertiary/aromatic N) is 2. The summed E-state index contributed by atoms with van der Waals surface area (Å²) in [5, 5.41) is 15.7. The Morgan fingerprint density at radius 2 is 1.88 bits per heavy atom. The predicted octanol–water partition coefficient (Wildman–Crippen LogP) is 3.33. The van der Waals surface area contributed by atoms with Crippen LogP contribution in [0.2, 0.25) is 0 Å². The molecule has 132 valence electrons. The monoisotopic (exact) mass is 349 g/mol. The Morgan fingerprint density at radius 1 is 1.20 bits per heavy atom. The average Bonchev–Trinajstić information content (AvgIpc) is 3.05. The third-order valence-electron chi connectivity index (χ3n) is 4.30.